The first kappa shape index (κ1) is 14.3. The van der Waals surface area contributed by atoms with Crippen LogP contribution in [0, 0.1) is 5.82 Å². The predicted octanol–water partition coefficient (Wildman–Crippen LogP) is 2.10. The first-order valence-electron chi connectivity index (χ1n) is 6.47. The van der Waals surface area contributed by atoms with Crippen LogP contribution < -0.4 is 0 Å². The summed E-state index contributed by atoms with van der Waals surface area (Å²) in [6.07, 6.45) is -0.0641. The zero-order valence-electron chi connectivity index (χ0n) is 11.2. The van der Waals surface area contributed by atoms with Gasteiger partial charge in [-0.1, -0.05) is 18.2 Å². The molecule has 5 nitrogen and oxygen atoms in total. The van der Waals surface area contributed by atoms with Gasteiger partial charge in [0.2, 0.25) is 0 Å². The molecule has 108 valence electrons. The van der Waals surface area contributed by atoms with E-state index in [-0.39, 0.29) is 13.2 Å². The van der Waals surface area contributed by atoms with Crippen LogP contribution in [0.4, 0.5) is 9.18 Å². The van der Waals surface area contributed by atoms with Gasteiger partial charge in [-0.2, -0.15) is 0 Å². The molecule has 1 heterocycles. The van der Waals surface area contributed by atoms with Gasteiger partial charge in [0.1, 0.15) is 18.5 Å². The number of amides is 1. The molecule has 1 aliphatic rings. The molecule has 20 heavy (non-hydrogen) atoms. The maximum absolute atomic E-state index is 13.4. The fourth-order valence-electron chi connectivity index (χ4n) is 1.93. The Morgan fingerprint density at radius 1 is 1.35 bits per heavy atom. The lowest BCUT2D eigenvalue weighted by Gasteiger charge is -2.37. The third kappa shape index (κ3) is 3.07. The van der Waals surface area contributed by atoms with Crippen LogP contribution in [0.15, 0.2) is 24.3 Å². The molecule has 0 bridgehead atoms. The molecule has 1 amide bonds. The highest BCUT2D eigenvalue weighted by Crippen LogP contribution is 2.20. The third-order valence-electron chi connectivity index (χ3n) is 3.12. The standard InChI is InChI=1S/C14H16FNO4/c1-2-19-13(17)12-7-8-16(12)14(18)20-9-10-5-3-4-6-11(10)15/h3-6,12H,2,7-9H2,1H3/t12-/m0/s1. The number of hydrogen-bond acceptors (Lipinski definition) is 4. The molecule has 1 saturated heterocycles. The summed E-state index contributed by atoms with van der Waals surface area (Å²) in [5.74, 6) is -0.854. The van der Waals surface area contributed by atoms with E-state index in [1.54, 1.807) is 25.1 Å². The molecule has 1 aromatic carbocycles. The van der Waals surface area contributed by atoms with Crippen LogP contribution in [0.1, 0.15) is 18.9 Å². The number of benzene rings is 1. The minimum absolute atomic E-state index is 0.155. The van der Waals surface area contributed by atoms with Crippen molar-refractivity contribution in [3.8, 4) is 0 Å². The predicted molar refractivity (Wildman–Crippen MR) is 68.3 cm³/mol. The fourth-order valence-corrected chi connectivity index (χ4v) is 1.93. The van der Waals surface area contributed by atoms with Crippen molar-refractivity contribution in [1.29, 1.82) is 0 Å². The van der Waals surface area contributed by atoms with Crippen molar-refractivity contribution in [3.05, 3.63) is 35.6 Å². The summed E-state index contributed by atoms with van der Waals surface area (Å²) in [7, 11) is 0. The minimum Gasteiger partial charge on any atom is -0.464 e. The Morgan fingerprint density at radius 2 is 2.10 bits per heavy atom. The van der Waals surface area contributed by atoms with E-state index in [0.29, 0.717) is 18.5 Å². The summed E-state index contributed by atoms with van der Waals surface area (Å²) in [6, 6.07) is 5.49. The average Bonchev–Trinajstić information content (AvgIpc) is 2.36. The molecule has 1 atom stereocenters. The smallest absolute Gasteiger partial charge is 0.410 e. The normalized spacial score (nSPS) is 17.3. The Morgan fingerprint density at radius 3 is 2.70 bits per heavy atom. The molecule has 0 radical (unpaired) electrons. The van der Waals surface area contributed by atoms with E-state index in [2.05, 4.69) is 0 Å². The molecule has 0 N–H and O–H groups in total. The molecular weight excluding hydrogens is 265 g/mol. The Balaban J connectivity index is 1.87. The first-order chi connectivity index (χ1) is 9.63. The summed E-state index contributed by atoms with van der Waals surface area (Å²) >= 11 is 0. The fraction of sp³-hybridized carbons (Fsp3) is 0.429. The number of halogens is 1. The quantitative estimate of drug-likeness (QED) is 0.793. The van der Waals surface area contributed by atoms with Crippen molar-refractivity contribution in [1.82, 2.24) is 4.90 Å². The molecule has 1 aliphatic heterocycles. The largest absolute Gasteiger partial charge is 0.464 e. The van der Waals surface area contributed by atoms with Crippen molar-refractivity contribution >= 4 is 12.1 Å². The highest BCUT2D eigenvalue weighted by molar-refractivity contribution is 5.83. The van der Waals surface area contributed by atoms with Crippen molar-refractivity contribution in [2.24, 2.45) is 0 Å². The van der Waals surface area contributed by atoms with E-state index in [1.165, 1.54) is 11.0 Å². The molecule has 0 unspecified atom stereocenters. The van der Waals surface area contributed by atoms with Gasteiger partial charge in [-0.3, -0.25) is 4.90 Å². The first-order valence-corrected chi connectivity index (χ1v) is 6.47. The minimum atomic E-state index is -0.627. The maximum atomic E-state index is 13.4. The second-order valence-corrected chi connectivity index (χ2v) is 4.40. The van der Waals surface area contributed by atoms with Crippen molar-refractivity contribution in [3.63, 3.8) is 0 Å². The van der Waals surface area contributed by atoms with Gasteiger partial charge in [-0.05, 0) is 19.4 Å². The van der Waals surface area contributed by atoms with Gasteiger partial charge in [-0.15, -0.1) is 0 Å². The van der Waals surface area contributed by atoms with Gasteiger partial charge in [0.05, 0.1) is 6.61 Å². The van der Waals surface area contributed by atoms with Crippen LogP contribution in [0.3, 0.4) is 0 Å². The molecule has 2 rings (SSSR count). The van der Waals surface area contributed by atoms with Crippen molar-refractivity contribution < 1.29 is 23.5 Å². The number of carbonyl (C=O) groups excluding carboxylic acids is 2. The number of carbonyl (C=O) groups is 2. The lowest BCUT2D eigenvalue weighted by Crippen LogP contribution is -2.55. The second-order valence-electron chi connectivity index (χ2n) is 4.40. The van der Waals surface area contributed by atoms with E-state index in [4.69, 9.17) is 9.47 Å². The highest BCUT2D eigenvalue weighted by atomic mass is 19.1. The Hall–Kier alpha value is -2.11. The lowest BCUT2D eigenvalue weighted by molar-refractivity contribution is -0.153. The second kappa shape index (κ2) is 6.36. The van der Waals surface area contributed by atoms with E-state index in [9.17, 15) is 14.0 Å². The maximum Gasteiger partial charge on any atom is 0.410 e. The van der Waals surface area contributed by atoms with E-state index < -0.39 is 23.9 Å². The van der Waals surface area contributed by atoms with Crippen LogP contribution in [0.2, 0.25) is 0 Å². The monoisotopic (exact) mass is 281 g/mol. The molecule has 0 spiro atoms. The van der Waals surface area contributed by atoms with Gasteiger partial charge in [0.15, 0.2) is 0 Å². The van der Waals surface area contributed by atoms with Crippen LogP contribution in [0.25, 0.3) is 0 Å². The van der Waals surface area contributed by atoms with Crippen molar-refractivity contribution in [2.45, 2.75) is 26.0 Å². The topological polar surface area (TPSA) is 55.8 Å². The molecule has 1 fully saturated rings. The summed E-state index contributed by atoms with van der Waals surface area (Å²) in [6.45, 7) is 2.27. The number of ether oxygens (including phenoxy) is 2. The third-order valence-corrected chi connectivity index (χ3v) is 3.12. The summed E-state index contributed by atoms with van der Waals surface area (Å²) in [4.78, 5) is 24.6. The van der Waals surface area contributed by atoms with Gasteiger partial charge in [0.25, 0.3) is 0 Å². The zero-order chi connectivity index (χ0) is 14.5. The van der Waals surface area contributed by atoms with E-state index in [1.807, 2.05) is 0 Å². The SMILES string of the molecule is CCOC(=O)[C@@H]1CCN1C(=O)OCc1ccccc1F. The number of likely N-dealkylation sites (tertiary alicyclic amines) is 1. The Labute approximate surface area is 116 Å². The molecule has 0 aliphatic carbocycles. The van der Waals surface area contributed by atoms with Gasteiger partial charge in [-0.25, -0.2) is 14.0 Å². The Bertz CT molecular complexity index is 506. The summed E-state index contributed by atoms with van der Waals surface area (Å²) in [5.41, 5.74) is 0.300. The molecule has 0 saturated carbocycles. The van der Waals surface area contributed by atoms with Crippen LogP contribution in [-0.2, 0) is 20.9 Å². The number of rotatable bonds is 4. The molecular formula is C14H16FNO4. The molecule has 0 aromatic heterocycles. The van der Waals surface area contributed by atoms with E-state index in [0.717, 1.165) is 0 Å². The van der Waals surface area contributed by atoms with Crippen LogP contribution >= 0.6 is 0 Å². The van der Waals surface area contributed by atoms with E-state index >= 15 is 0 Å². The van der Waals surface area contributed by atoms with Crippen LogP contribution in [0.5, 0.6) is 0 Å². The highest BCUT2D eigenvalue weighted by Gasteiger charge is 2.39. The zero-order valence-corrected chi connectivity index (χ0v) is 11.2. The van der Waals surface area contributed by atoms with Crippen LogP contribution in [-0.4, -0.2) is 36.2 Å². The molecule has 1 aromatic rings. The average molecular weight is 281 g/mol. The van der Waals surface area contributed by atoms with Crippen molar-refractivity contribution in [2.75, 3.05) is 13.2 Å². The van der Waals surface area contributed by atoms with Gasteiger partial charge in [0, 0.05) is 12.1 Å². The lowest BCUT2D eigenvalue weighted by atomic mass is 10.0. The number of nitrogens with zero attached hydrogens (tertiary/aromatic N) is 1. The van der Waals surface area contributed by atoms with Gasteiger partial charge < -0.3 is 9.47 Å². The number of hydrogen-bond donors (Lipinski definition) is 0. The van der Waals surface area contributed by atoms with Gasteiger partial charge >= 0.3 is 12.1 Å². The summed E-state index contributed by atoms with van der Waals surface area (Å²) < 4.78 is 23.2. The molecule has 6 heteroatoms. The summed E-state index contributed by atoms with van der Waals surface area (Å²) in [5, 5.41) is 0. The number of esters is 1. The Kier molecular flexibility index (Phi) is 4.55.